The van der Waals surface area contributed by atoms with Crippen LogP contribution in [0.25, 0.3) is 0 Å². The van der Waals surface area contributed by atoms with E-state index in [1.54, 1.807) is 12.1 Å². The molecular formula is C9H11ClFP. The summed E-state index contributed by atoms with van der Waals surface area (Å²) in [5.74, 6) is 0. The highest BCUT2D eigenvalue weighted by atomic mass is 35.5. The summed E-state index contributed by atoms with van der Waals surface area (Å²) in [7, 11) is 2.14. The highest BCUT2D eigenvalue weighted by molar-refractivity contribution is 7.18. The maximum Gasteiger partial charge on any atom is 0.147 e. The highest BCUT2D eigenvalue weighted by Gasteiger charge is 2.21. The number of rotatable bonds is 1. The molecule has 0 fully saturated rings. The molecule has 12 heavy (non-hydrogen) atoms. The topological polar surface area (TPSA) is 0 Å². The van der Waals surface area contributed by atoms with Gasteiger partial charge in [0.2, 0.25) is 0 Å². The summed E-state index contributed by atoms with van der Waals surface area (Å²) in [6.07, 6.45) is 0. The van der Waals surface area contributed by atoms with Crippen LogP contribution < -0.4 is 0 Å². The van der Waals surface area contributed by atoms with E-state index in [0.717, 1.165) is 5.56 Å². The minimum Gasteiger partial charge on any atom is -0.235 e. The molecule has 1 aromatic rings. The van der Waals surface area contributed by atoms with Gasteiger partial charge in [0, 0.05) is 10.6 Å². The molecule has 2 atom stereocenters. The predicted octanol–water partition coefficient (Wildman–Crippen LogP) is 3.67. The number of aryl methyl sites for hydroxylation is 1. The molecule has 0 spiro atoms. The second-order valence-corrected chi connectivity index (χ2v) is 4.55. The number of halogens is 2. The third-order valence-electron chi connectivity index (χ3n) is 1.65. The highest BCUT2D eigenvalue weighted by Crippen LogP contribution is 2.37. The standard InChI is InChI=1S/C9H11ClFP/c1-6-3-4-8(10)7(5-6)9(2,11)12/h3-5H,12H2,1-2H3. The average molecular weight is 205 g/mol. The molecule has 0 heterocycles. The lowest BCUT2D eigenvalue weighted by Gasteiger charge is -2.16. The van der Waals surface area contributed by atoms with E-state index in [4.69, 9.17) is 11.6 Å². The second-order valence-electron chi connectivity index (χ2n) is 3.06. The summed E-state index contributed by atoms with van der Waals surface area (Å²) in [4.78, 5) is 0. The summed E-state index contributed by atoms with van der Waals surface area (Å²) in [6, 6.07) is 5.34. The Hall–Kier alpha value is -0.130. The largest absolute Gasteiger partial charge is 0.235 e. The van der Waals surface area contributed by atoms with Crippen LogP contribution in [-0.4, -0.2) is 0 Å². The van der Waals surface area contributed by atoms with Crippen LogP contribution in [0.2, 0.25) is 5.02 Å². The fraction of sp³-hybridized carbons (Fsp3) is 0.333. The molecule has 0 nitrogen and oxygen atoms in total. The van der Waals surface area contributed by atoms with Gasteiger partial charge in [-0.1, -0.05) is 38.5 Å². The van der Waals surface area contributed by atoms with E-state index in [0.29, 0.717) is 10.6 Å². The SMILES string of the molecule is Cc1ccc(Cl)c(C(C)(F)P)c1. The number of hydrogen-bond acceptors (Lipinski definition) is 0. The lowest BCUT2D eigenvalue weighted by Crippen LogP contribution is -2.05. The zero-order chi connectivity index (χ0) is 9.35. The summed E-state index contributed by atoms with van der Waals surface area (Å²) in [5, 5.41) is -0.969. The van der Waals surface area contributed by atoms with Gasteiger partial charge in [0.05, 0.1) is 0 Å². The Morgan fingerprint density at radius 2 is 2.08 bits per heavy atom. The van der Waals surface area contributed by atoms with E-state index in [9.17, 15) is 4.39 Å². The first kappa shape index (κ1) is 9.95. The summed E-state index contributed by atoms with van der Waals surface area (Å²) in [6.45, 7) is 3.38. The molecule has 0 aliphatic heterocycles. The molecule has 2 unspecified atom stereocenters. The monoisotopic (exact) mass is 204 g/mol. The molecular weight excluding hydrogens is 194 g/mol. The van der Waals surface area contributed by atoms with Crippen molar-refractivity contribution in [2.45, 2.75) is 19.3 Å². The summed E-state index contributed by atoms with van der Waals surface area (Å²) >= 11 is 5.83. The third-order valence-corrected chi connectivity index (χ3v) is 2.29. The molecule has 1 rings (SSSR count). The molecule has 0 saturated heterocycles. The molecule has 0 bridgehead atoms. The fourth-order valence-corrected chi connectivity index (χ4v) is 1.65. The van der Waals surface area contributed by atoms with Gasteiger partial charge in [0.1, 0.15) is 5.41 Å². The van der Waals surface area contributed by atoms with Crippen LogP contribution in [0.1, 0.15) is 18.1 Å². The van der Waals surface area contributed by atoms with Crippen LogP contribution >= 0.6 is 20.8 Å². The van der Waals surface area contributed by atoms with Crippen molar-refractivity contribution in [3.8, 4) is 0 Å². The first-order chi connectivity index (χ1) is 5.41. The van der Waals surface area contributed by atoms with Crippen LogP contribution in [0.4, 0.5) is 4.39 Å². The minimum atomic E-state index is -1.44. The Balaban J connectivity index is 3.23. The van der Waals surface area contributed by atoms with E-state index < -0.39 is 5.41 Å². The van der Waals surface area contributed by atoms with Gasteiger partial charge in [-0.05, 0) is 19.9 Å². The summed E-state index contributed by atoms with van der Waals surface area (Å²) in [5.41, 5.74) is 1.54. The van der Waals surface area contributed by atoms with Gasteiger partial charge in [-0.2, -0.15) is 0 Å². The van der Waals surface area contributed by atoms with Crippen molar-refractivity contribution in [3.05, 3.63) is 34.3 Å². The quantitative estimate of drug-likeness (QED) is 0.613. The molecule has 66 valence electrons. The maximum atomic E-state index is 13.4. The molecule has 3 heteroatoms. The van der Waals surface area contributed by atoms with E-state index in [1.165, 1.54) is 6.92 Å². The Bertz CT molecular complexity index is 291. The van der Waals surface area contributed by atoms with Crippen LogP contribution in [0, 0.1) is 6.92 Å². The van der Waals surface area contributed by atoms with Crippen LogP contribution in [-0.2, 0) is 5.41 Å². The van der Waals surface area contributed by atoms with E-state index in [1.807, 2.05) is 13.0 Å². The van der Waals surface area contributed by atoms with Gasteiger partial charge in [-0.3, -0.25) is 0 Å². The van der Waals surface area contributed by atoms with Crippen LogP contribution in [0.5, 0.6) is 0 Å². The number of benzene rings is 1. The average Bonchev–Trinajstić information content (AvgIpc) is 1.92. The number of alkyl halides is 1. The molecule has 0 aromatic heterocycles. The van der Waals surface area contributed by atoms with E-state index in [-0.39, 0.29) is 0 Å². The van der Waals surface area contributed by atoms with Crippen molar-refractivity contribution in [1.29, 1.82) is 0 Å². The van der Waals surface area contributed by atoms with Gasteiger partial charge in [-0.25, -0.2) is 4.39 Å². The Labute approximate surface area is 79.3 Å². The van der Waals surface area contributed by atoms with E-state index in [2.05, 4.69) is 9.24 Å². The normalized spacial score (nSPS) is 15.8. The van der Waals surface area contributed by atoms with Gasteiger partial charge < -0.3 is 0 Å². The maximum absolute atomic E-state index is 13.4. The van der Waals surface area contributed by atoms with Crippen molar-refractivity contribution >= 4 is 20.8 Å². The van der Waals surface area contributed by atoms with Gasteiger partial charge in [0.25, 0.3) is 0 Å². The fourth-order valence-electron chi connectivity index (χ4n) is 1.01. The third kappa shape index (κ3) is 2.18. The van der Waals surface area contributed by atoms with Gasteiger partial charge >= 0.3 is 0 Å². The van der Waals surface area contributed by atoms with Crippen molar-refractivity contribution < 1.29 is 4.39 Å². The lowest BCUT2D eigenvalue weighted by molar-refractivity contribution is 0.324. The molecule has 0 aliphatic rings. The molecule has 1 aromatic carbocycles. The first-order valence-electron chi connectivity index (χ1n) is 3.65. The van der Waals surface area contributed by atoms with Crippen molar-refractivity contribution in [2.24, 2.45) is 0 Å². The molecule has 0 saturated carbocycles. The summed E-state index contributed by atoms with van der Waals surface area (Å²) < 4.78 is 13.4. The van der Waals surface area contributed by atoms with E-state index >= 15 is 0 Å². The molecule has 0 aliphatic carbocycles. The minimum absolute atomic E-state index is 0.473. The van der Waals surface area contributed by atoms with Gasteiger partial charge in [0.15, 0.2) is 0 Å². The van der Waals surface area contributed by atoms with Crippen molar-refractivity contribution in [1.82, 2.24) is 0 Å². The Morgan fingerprint density at radius 1 is 1.50 bits per heavy atom. The molecule has 0 N–H and O–H groups in total. The van der Waals surface area contributed by atoms with Crippen LogP contribution in [0.3, 0.4) is 0 Å². The zero-order valence-electron chi connectivity index (χ0n) is 7.07. The Kier molecular flexibility index (Phi) is 2.75. The number of hydrogen-bond donors (Lipinski definition) is 0. The smallest absolute Gasteiger partial charge is 0.147 e. The first-order valence-corrected chi connectivity index (χ1v) is 4.61. The Morgan fingerprint density at radius 3 is 2.50 bits per heavy atom. The van der Waals surface area contributed by atoms with Crippen LogP contribution in [0.15, 0.2) is 18.2 Å². The predicted molar refractivity (Wildman–Crippen MR) is 54.4 cm³/mol. The zero-order valence-corrected chi connectivity index (χ0v) is 8.98. The molecule has 0 radical (unpaired) electrons. The molecule has 0 amide bonds. The van der Waals surface area contributed by atoms with Crippen molar-refractivity contribution in [3.63, 3.8) is 0 Å². The lowest BCUT2D eigenvalue weighted by atomic mass is 10.1. The van der Waals surface area contributed by atoms with Crippen molar-refractivity contribution in [2.75, 3.05) is 0 Å². The van der Waals surface area contributed by atoms with Gasteiger partial charge in [-0.15, -0.1) is 0 Å². The second kappa shape index (κ2) is 3.32.